The Labute approximate surface area is 94.7 Å². The number of rotatable bonds is 2. The Morgan fingerprint density at radius 2 is 1.81 bits per heavy atom. The first-order valence-corrected chi connectivity index (χ1v) is 5.22. The van der Waals surface area contributed by atoms with E-state index in [0.717, 1.165) is 17.1 Å². The number of nitrogens with zero attached hydrogens (tertiary/aromatic N) is 2. The quantitative estimate of drug-likeness (QED) is 0.720. The molecule has 16 heavy (non-hydrogen) atoms. The lowest BCUT2D eigenvalue weighted by molar-refractivity contribution is 0.101. The van der Waals surface area contributed by atoms with Crippen molar-refractivity contribution in [2.24, 2.45) is 0 Å². The fraction of sp³-hybridized carbons (Fsp3) is 0.231. The Morgan fingerprint density at radius 1 is 1.19 bits per heavy atom. The maximum absolute atomic E-state index is 11.3. The molecule has 0 fully saturated rings. The maximum Gasteiger partial charge on any atom is 0.178 e. The van der Waals surface area contributed by atoms with Crippen molar-refractivity contribution < 1.29 is 4.79 Å². The molecule has 82 valence electrons. The van der Waals surface area contributed by atoms with Crippen LogP contribution < -0.4 is 0 Å². The van der Waals surface area contributed by atoms with Crippen molar-refractivity contribution in [2.45, 2.75) is 20.8 Å². The first-order chi connectivity index (χ1) is 7.59. The van der Waals surface area contributed by atoms with E-state index >= 15 is 0 Å². The molecule has 0 aliphatic rings. The third-order valence-electron chi connectivity index (χ3n) is 2.63. The second-order valence-corrected chi connectivity index (χ2v) is 3.91. The SMILES string of the molecule is CC(=O)c1cc(-n2c(C)ccc2C)ccn1. The van der Waals surface area contributed by atoms with Crippen LogP contribution in [0.25, 0.3) is 5.69 Å². The molecular weight excluding hydrogens is 200 g/mol. The zero-order chi connectivity index (χ0) is 11.7. The highest BCUT2D eigenvalue weighted by molar-refractivity contribution is 5.92. The highest BCUT2D eigenvalue weighted by atomic mass is 16.1. The molecule has 3 nitrogen and oxygen atoms in total. The van der Waals surface area contributed by atoms with E-state index < -0.39 is 0 Å². The van der Waals surface area contributed by atoms with Crippen LogP contribution in [0.3, 0.4) is 0 Å². The first kappa shape index (κ1) is 10.6. The van der Waals surface area contributed by atoms with Gasteiger partial charge in [-0.15, -0.1) is 0 Å². The van der Waals surface area contributed by atoms with Gasteiger partial charge in [-0.3, -0.25) is 9.78 Å². The number of pyridine rings is 1. The van der Waals surface area contributed by atoms with Gasteiger partial charge in [-0.1, -0.05) is 0 Å². The molecule has 0 saturated carbocycles. The molecule has 0 N–H and O–H groups in total. The smallest absolute Gasteiger partial charge is 0.178 e. The number of ketones is 1. The van der Waals surface area contributed by atoms with Crippen LogP contribution in [0.15, 0.2) is 30.5 Å². The van der Waals surface area contributed by atoms with Gasteiger partial charge in [-0.25, -0.2) is 0 Å². The lowest BCUT2D eigenvalue weighted by atomic mass is 10.2. The van der Waals surface area contributed by atoms with Crippen LogP contribution in [0, 0.1) is 13.8 Å². The molecule has 2 aromatic heterocycles. The topological polar surface area (TPSA) is 34.9 Å². The monoisotopic (exact) mass is 214 g/mol. The number of hydrogen-bond donors (Lipinski definition) is 0. The minimum Gasteiger partial charge on any atom is -0.318 e. The van der Waals surface area contributed by atoms with Gasteiger partial charge in [-0.05, 0) is 38.1 Å². The van der Waals surface area contributed by atoms with E-state index in [2.05, 4.69) is 21.7 Å². The van der Waals surface area contributed by atoms with Gasteiger partial charge in [0.15, 0.2) is 5.78 Å². The minimum atomic E-state index is -0.00990. The molecule has 2 rings (SSSR count). The molecule has 0 bridgehead atoms. The van der Waals surface area contributed by atoms with Crippen molar-refractivity contribution in [2.75, 3.05) is 0 Å². The Balaban J connectivity index is 2.57. The molecule has 0 atom stereocenters. The van der Waals surface area contributed by atoms with Crippen molar-refractivity contribution in [1.82, 2.24) is 9.55 Å². The van der Waals surface area contributed by atoms with Gasteiger partial charge >= 0.3 is 0 Å². The number of hydrogen-bond acceptors (Lipinski definition) is 2. The molecule has 0 aliphatic heterocycles. The van der Waals surface area contributed by atoms with Crippen LogP contribution in [0.2, 0.25) is 0 Å². The van der Waals surface area contributed by atoms with Crippen molar-refractivity contribution >= 4 is 5.78 Å². The summed E-state index contributed by atoms with van der Waals surface area (Å²) >= 11 is 0. The Bertz CT molecular complexity index is 521. The van der Waals surface area contributed by atoms with Crippen molar-refractivity contribution in [1.29, 1.82) is 0 Å². The molecule has 3 heteroatoms. The molecule has 2 heterocycles. The summed E-state index contributed by atoms with van der Waals surface area (Å²) in [6.45, 7) is 5.61. The van der Waals surface area contributed by atoms with Gasteiger partial charge in [0.2, 0.25) is 0 Å². The largest absolute Gasteiger partial charge is 0.318 e. The molecule has 0 amide bonds. The number of aryl methyl sites for hydroxylation is 2. The van der Waals surface area contributed by atoms with Crippen LogP contribution in [0.5, 0.6) is 0 Å². The molecule has 0 radical (unpaired) electrons. The number of Topliss-reactive ketones (excluding diaryl/α,β-unsaturated/α-hetero) is 1. The fourth-order valence-corrected chi connectivity index (χ4v) is 1.83. The number of carbonyl (C=O) groups is 1. The van der Waals surface area contributed by atoms with Gasteiger partial charge in [0.1, 0.15) is 5.69 Å². The Kier molecular flexibility index (Phi) is 2.60. The summed E-state index contributed by atoms with van der Waals surface area (Å²) in [6.07, 6.45) is 1.67. The number of carbonyl (C=O) groups excluding carboxylic acids is 1. The first-order valence-electron chi connectivity index (χ1n) is 5.22. The van der Waals surface area contributed by atoms with E-state index in [0.29, 0.717) is 5.69 Å². The normalized spacial score (nSPS) is 10.4. The van der Waals surface area contributed by atoms with Crippen LogP contribution >= 0.6 is 0 Å². The lowest BCUT2D eigenvalue weighted by Crippen LogP contribution is -2.02. The molecule has 0 spiro atoms. The molecule has 0 unspecified atom stereocenters. The van der Waals surface area contributed by atoms with Gasteiger partial charge in [0, 0.05) is 30.2 Å². The Morgan fingerprint density at radius 3 is 2.38 bits per heavy atom. The van der Waals surface area contributed by atoms with E-state index in [-0.39, 0.29) is 5.78 Å². The molecule has 2 aromatic rings. The van der Waals surface area contributed by atoms with Gasteiger partial charge in [-0.2, -0.15) is 0 Å². The van der Waals surface area contributed by atoms with Crippen LogP contribution in [0.4, 0.5) is 0 Å². The second-order valence-electron chi connectivity index (χ2n) is 3.91. The summed E-state index contributed by atoms with van der Waals surface area (Å²) in [7, 11) is 0. The maximum atomic E-state index is 11.3. The van der Waals surface area contributed by atoms with Crippen LogP contribution in [0.1, 0.15) is 28.8 Å². The second kappa shape index (κ2) is 3.93. The molecule has 0 aliphatic carbocycles. The fourth-order valence-electron chi connectivity index (χ4n) is 1.83. The van der Waals surface area contributed by atoms with E-state index in [1.54, 1.807) is 6.20 Å². The minimum absolute atomic E-state index is 0.00990. The summed E-state index contributed by atoms with van der Waals surface area (Å²) in [5.41, 5.74) is 3.79. The zero-order valence-corrected chi connectivity index (χ0v) is 9.69. The van der Waals surface area contributed by atoms with Crippen molar-refractivity contribution in [3.05, 3.63) is 47.5 Å². The predicted octanol–water partition coefficient (Wildman–Crippen LogP) is 2.69. The third-order valence-corrected chi connectivity index (χ3v) is 2.63. The van der Waals surface area contributed by atoms with Crippen LogP contribution in [-0.4, -0.2) is 15.3 Å². The summed E-state index contributed by atoms with van der Waals surface area (Å²) < 4.78 is 2.11. The average molecular weight is 214 g/mol. The van der Waals surface area contributed by atoms with Crippen molar-refractivity contribution in [3.63, 3.8) is 0 Å². The molecule has 0 saturated heterocycles. The average Bonchev–Trinajstić information content (AvgIpc) is 2.59. The summed E-state index contributed by atoms with van der Waals surface area (Å²) in [5, 5.41) is 0. The van der Waals surface area contributed by atoms with Gasteiger partial charge < -0.3 is 4.57 Å². The standard InChI is InChI=1S/C13H14N2O/c1-9-4-5-10(2)15(9)12-6-7-14-13(8-12)11(3)16/h4-8H,1-3H3. The van der Waals surface area contributed by atoms with E-state index in [4.69, 9.17) is 0 Å². The zero-order valence-electron chi connectivity index (χ0n) is 9.69. The summed E-state index contributed by atoms with van der Waals surface area (Å²) in [5.74, 6) is -0.00990. The van der Waals surface area contributed by atoms with Crippen LogP contribution in [-0.2, 0) is 0 Å². The van der Waals surface area contributed by atoms with Crippen molar-refractivity contribution in [3.8, 4) is 5.69 Å². The lowest BCUT2D eigenvalue weighted by Gasteiger charge is -2.09. The van der Waals surface area contributed by atoms with E-state index in [1.165, 1.54) is 6.92 Å². The van der Waals surface area contributed by atoms with E-state index in [9.17, 15) is 4.79 Å². The predicted molar refractivity (Wildman–Crippen MR) is 63.0 cm³/mol. The molecule has 0 aromatic carbocycles. The molecular formula is C13H14N2O. The Hall–Kier alpha value is -1.90. The summed E-state index contributed by atoms with van der Waals surface area (Å²) in [4.78, 5) is 15.3. The highest BCUT2D eigenvalue weighted by Gasteiger charge is 2.06. The van der Waals surface area contributed by atoms with Gasteiger partial charge in [0.05, 0.1) is 0 Å². The van der Waals surface area contributed by atoms with E-state index in [1.807, 2.05) is 26.0 Å². The third kappa shape index (κ3) is 1.76. The highest BCUT2D eigenvalue weighted by Crippen LogP contribution is 2.16. The van der Waals surface area contributed by atoms with Gasteiger partial charge in [0.25, 0.3) is 0 Å². The number of aromatic nitrogens is 2. The summed E-state index contributed by atoms with van der Waals surface area (Å²) in [6, 6.07) is 7.85.